The Balaban J connectivity index is 1.50. The molecule has 138 valence electrons. The number of benzene rings is 1. The molecule has 2 aromatic heterocycles. The van der Waals surface area contributed by atoms with Gasteiger partial charge in [-0.3, -0.25) is 9.88 Å². The SMILES string of the molecule is O=C(O)c1ccc(CN2CCC[C@H](c3nccnc3-c3ncc[nH]3)C2)cc1. The number of aromatic nitrogens is 4. The summed E-state index contributed by atoms with van der Waals surface area (Å²) < 4.78 is 0. The van der Waals surface area contributed by atoms with E-state index >= 15 is 0 Å². The molecule has 0 saturated carbocycles. The number of hydrogen-bond donors (Lipinski definition) is 2. The zero-order valence-electron chi connectivity index (χ0n) is 14.9. The number of carboxylic acid groups (broad SMARTS) is 1. The highest BCUT2D eigenvalue weighted by molar-refractivity contribution is 5.87. The van der Waals surface area contributed by atoms with Crippen molar-refractivity contribution in [3.63, 3.8) is 0 Å². The smallest absolute Gasteiger partial charge is 0.335 e. The van der Waals surface area contributed by atoms with Crippen molar-refractivity contribution in [3.05, 3.63) is 65.9 Å². The van der Waals surface area contributed by atoms with Gasteiger partial charge in [-0.2, -0.15) is 0 Å². The Kier molecular flexibility index (Phi) is 4.93. The van der Waals surface area contributed by atoms with Gasteiger partial charge in [0.2, 0.25) is 0 Å². The summed E-state index contributed by atoms with van der Waals surface area (Å²) in [4.78, 5) is 30.0. The highest BCUT2D eigenvalue weighted by Gasteiger charge is 2.26. The fraction of sp³-hybridized carbons (Fsp3) is 0.300. The lowest BCUT2D eigenvalue weighted by Crippen LogP contribution is -2.34. The Bertz CT molecular complexity index is 908. The molecule has 1 fully saturated rings. The number of aromatic carboxylic acids is 1. The quantitative estimate of drug-likeness (QED) is 0.724. The van der Waals surface area contributed by atoms with E-state index in [4.69, 9.17) is 5.11 Å². The standard InChI is InChI=1S/C20H21N5O2/c26-20(27)15-5-3-14(4-6-15)12-25-11-1-2-16(13-25)17-18(22-8-7-21-17)19-23-9-10-24-19/h3-10,16H,1-2,11-13H2,(H,23,24)(H,26,27)/t16-/m0/s1. The lowest BCUT2D eigenvalue weighted by Gasteiger charge is -2.32. The second-order valence-electron chi connectivity index (χ2n) is 6.80. The highest BCUT2D eigenvalue weighted by atomic mass is 16.4. The van der Waals surface area contributed by atoms with Crippen LogP contribution in [0.4, 0.5) is 0 Å². The van der Waals surface area contributed by atoms with E-state index in [-0.39, 0.29) is 0 Å². The number of carbonyl (C=O) groups is 1. The molecule has 0 aliphatic carbocycles. The summed E-state index contributed by atoms with van der Waals surface area (Å²) in [6.45, 7) is 2.72. The van der Waals surface area contributed by atoms with E-state index in [1.165, 1.54) is 0 Å². The minimum Gasteiger partial charge on any atom is -0.478 e. The average Bonchev–Trinajstić information content (AvgIpc) is 3.23. The van der Waals surface area contributed by atoms with Gasteiger partial charge in [0.1, 0.15) is 5.69 Å². The van der Waals surface area contributed by atoms with Crippen LogP contribution < -0.4 is 0 Å². The van der Waals surface area contributed by atoms with Crippen LogP contribution in [-0.2, 0) is 6.54 Å². The van der Waals surface area contributed by atoms with Gasteiger partial charge in [-0.15, -0.1) is 0 Å². The maximum atomic E-state index is 11.0. The highest BCUT2D eigenvalue weighted by Crippen LogP contribution is 2.31. The first-order valence-electron chi connectivity index (χ1n) is 9.06. The Morgan fingerprint density at radius 2 is 1.96 bits per heavy atom. The largest absolute Gasteiger partial charge is 0.478 e. The fourth-order valence-electron chi connectivity index (χ4n) is 3.66. The molecule has 0 spiro atoms. The van der Waals surface area contributed by atoms with Crippen LogP contribution in [0, 0.1) is 0 Å². The lowest BCUT2D eigenvalue weighted by molar-refractivity contribution is 0.0697. The first kappa shape index (κ1) is 17.4. The molecule has 7 nitrogen and oxygen atoms in total. The van der Waals surface area contributed by atoms with E-state index in [0.29, 0.717) is 11.5 Å². The molecule has 1 atom stereocenters. The van der Waals surface area contributed by atoms with Crippen LogP contribution >= 0.6 is 0 Å². The van der Waals surface area contributed by atoms with Gasteiger partial charge in [-0.25, -0.2) is 14.8 Å². The molecule has 3 heterocycles. The molecule has 3 aromatic rings. The predicted octanol–water partition coefficient (Wildman–Crippen LogP) is 2.94. The van der Waals surface area contributed by atoms with Gasteiger partial charge >= 0.3 is 5.97 Å². The molecule has 1 saturated heterocycles. The van der Waals surface area contributed by atoms with Crippen LogP contribution in [0.3, 0.4) is 0 Å². The Morgan fingerprint density at radius 1 is 1.15 bits per heavy atom. The van der Waals surface area contributed by atoms with Crippen LogP contribution in [0.15, 0.2) is 49.1 Å². The van der Waals surface area contributed by atoms with Crippen LogP contribution in [0.1, 0.15) is 40.4 Å². The van der Waals surface area contributed by atoms with Gasteiger partial charge < -0.3 is 10.1 Å². The first-order valence-corrected chi connectivity index (χ1v) is 9.06. The third-order valence-corrected chi connectivity index (χ3v) is 4.95. The number of H-pyrrole nitrogens is 1. The predicted molar refractivity (Wildman–Crippen MR) is 100 cm³/mol. The second-order valence-corrected chi connectivity index (χ2v) is 6.80. The van der Waals surface area contributed by atoms with Crippen molar-refractivity contribution in [2.24, 2.45) is 0 Å². The summed E-state index contributed by atoms with van der Waals surface area (Å²) in [6.07, 6.45) is 9.12. The van der Waals surface area contributed by atoms with Gasteiger partial charge in [0, 0.05) is 43.8 Å². The topological polar surface area (TPSA) is 95.0 Å². The maximum Gasteiger partial charge on any atom is 0.335 e. The summed E-state index contributed by atoms with van der Waals surface area (Å²) in [5.41, 5.74) is 3.24. The minimum absolute atomic E-state index is 0.297. The molecular weight excluding hydrogens is 342 g/mol. The molecule has 0 unspecified atom stereocenters. The van der Waals surface area contributed by atoms with Crippen molar-refractivity contribution in [1.82, 2.24) is 24.8 Å². The molecular formula is C20H21N5O2. The molecule has 2 N–H and O–H groups in total. The molecule has 0 amide bonds. The number of nitrogens with one attached hydrogen (secondary N) is 1. The molecule has 1 aliphatic rings. The molecule has 0 radical (unpaired) electrons. The Morgan fingerprint density at radius 3 is 2.70 bits per heavy atom. The lowest BCUT2D eigenvalue weighted by atomic mass is 9.92. The molecule has 27 heavy (non-hydrogen) atoms. The first-order chi connectivity index (χ1) is 13.2. The molecule has 1 aromatic carbocycles. The summed E-state index contributed by atoms with van der Waals surface area (Å²) >= 11 is 0. The fourth-order valence-corrected chi connectivity index (χ4v) is 3.66. The molecule has 0 bridgehead atoms. The Labute approximate surface area is 157 Å². The third-order valence-electron chi connectivity index (χ3n) is 4.95. The van der Waals surface area contributed by atoms with E-state index in [1.54, 1.807) is 36.9 Å². The molecule has 1 aliphatic heterocycles. The summed E-state index contributed by atoms with van der Waals surface area (Å²) in [7, 11) is 0. The summed E-state index contributed by atoms with van der Waals surface area (Å²) in [5, 5.41) is 9.03. The van der Waals surface area contributed by atoms with E-state index in [0.717, 1.165) is 55.3 Å². The zero-order valence-corrected chi connectivity index (χ0v) is 14.9. The van der Waals surface area contributed by atoms with E-state index in [9.17, 15) is 4.79 Å². The van der Waals surface area contributed by atoms with Gasteiger partial charge in [0.25, 0.3) is 0 Å². The van der Waals surface area contributed by atoms with Crippen molar-refractivity contribution in [1.29, 1.82) is 0 Å². The molecule has 4 rings (SSSR count). The van der Waals surface area contributed by atoms with Crippen LogP contribution in [0.5, 0.6) is 0 Å². The number of aromatic amines is 1. The number of carboxylic acids is 1. The number of piperidine rings is 1. The van der Waals surface area contributed by atoms with Crippen LogP contribution in [-0.4, -0.2) is 49.0 Å². The monoisotopic (exact) mass is 363 g/mol. The van der Waals surface area contributed by atoms with Crippen molar-refractivity contribution < 1.29 is 9.90 Å². The van der Waals surface area contributed by atoms with Crippen molar-refractivity contribution in [3.8, 4) is 11.5 Å². The average molecular weight is 363 g/mol. The van der Waals surface area contributed by atoms with Crippen molar-refractivity contribution in [2.45, 2.75) is 25.3 Å². The third kappa shape index (κ3) is 3.88. The van der Waals surface area contributed by atoms with E-state index in [1.807, 2.05) is 12.1 Å². The second kappa shape index (κ2) is 7.67. The van der Waals surface area contributed by atoms with Gasteiger partial charge in [0.15, 0.2) is 5.82 Å². The Hall–Kier alpha value is -3.06. The summed E-state index contributed by atoms with van der Waals surface area (Å²) in [5.74, 6) is 0.151. The van der Waals surface area contributed by atoms with Crippen LogP contribution in [0.25, 0.3) is 11.5 Å². The van der Waals surface area contributed by atoms with Gasteiger partial charge in [-0.05, 0) is 37.1 Å². The summed E-state index contributed by atoms with van der Waals surface area (Å²) in [6, 6.07) is 7.11. The number of hydrogen-bond acceptors (Lipinski definition) is 5. The molecule has 7 heteroatoms. The normalized spacial score (nSPS) is 17.7. The van der Waals surface area contributed by atoms with Gasteiger partial charge in [-0.1, -0.05) is 12.1 Å². The minimum atomic E-state index is -0.896. The van der Waals surface area contributed by atoms with E-state index < -0.39 is 5.97 Å². The van der Waals surface area contributed by atoms with Crippen molar-refractivity contribution >= 4 is 5.97 Å². The van der Waals surface area contributed by atoms with Gasteiger partial charge in [0.05, 0.1) is 11.3 Å². The number of rotatable bonds is 5. The van der Waals surface area contributed by atoms with Crippen molar-refractivity contribution in [2.75, 3.05) is 13.1 Å². The van der Waals surface area contributed by atoms with Crippen LogP contribution in [0.2, 0.25) is 0 Å². The number of imidazole rings is 1. The maximum absolute atomic E-state index is 11.0. The number of nitrogens with zero attached hydrogens (tertiary/aromatic N) is 4. The zero-order chi connectivity index (χ0) is 18.6. The van der Waals surface area contributed by atoms with E-state index in [2.05, 4.69) is 24.8 Å². The number of likely N-dealkylation sites (tertiary alicyclic amines) is 1.